The van der Waals surface area contributed by atoms with E-state index in [0.29, 0.717) is 5.56 Å². The molecule has 2 aromatic carbocycles. The van der Waals surface area contributed by atoms with Crippen LogP contribution < -0.4 is 10.3 Å². The molecule has 0 aliphatic heterocycles. The van der Waals surface area contributed by atoms with E-state index in [-0.39, 0.29) is 17.0 Å². The third-order valence-corrected chi connectivity index (χ3v) is 5.59. The van der Waals surface area contributed by atoms with Gasteiger partial charge in [-0.2, -0.15) is 0 Å². The summed E-state index contributed by atoms with van der Waals surface area (Å²) in [6.45, 7) is 5.76. The van der Waals surface area contributed by atoms with Crippen LogP contribution >= 0.6 is 0 Å². The molecule has 0 atom stereocenters. The number of hydrogen-bond donors (Lipinski definition) is 2. The average Bonchev–Trinajstić information content (AvgIpc) is 2.53. The number of pyridine rings is 1. The van der Waals surface area contributed by atoms with Crippen LogP contribution in [0.3, 0.4) is 0 Å². The Morgan fingerprint density at radius 3 is 2.32 bits per heavy atom. The highest BCUT2D eigenvalue weighted by Gasteiger charge is 2.15. The number of nitrogens with one attached hydrogen (secondary N) is 2. The van der Waals surface area contributed by atoms with Crippen molar-refractivity contribution >= 4 is 20.9 Å². The highest BCUT2D eigenvalue weighted by atomic mass is 32.2. The maximum atomic E-state index is 12.4. The molecular formula is C19H20N2O3S. The van der Waals surface area contributed by atoms with Gasteiger partial charge in [0.1, 0.15) is 0 Å². The second kappa shape index (κ2) is 6.46. The molecule has 1 aromatic heterocycles. The van der Waals surface area contributed by atoms with Crippen LogP contribution in [0.25, 0.3) is 10.9 Å². The molecule has 0 radical (unpaired) electrons. The molecule has 3 aromatic rings. The number of hydrogen-bond acceptors (Lipinski definition) is 3. The molecule has 0 unspecified atom stereocenters. The zero-order valence-electron chi connectivity index (χ0n) is 14.4. The Kier molecular flexibility index (Phi) is 4.49. The maximum absolute atomic E-state index is 12.4. The van der Waals surface area contributed by atoms with Crippen molar-refractivity contribution in [1.82, 2.24) is 9.71 Å². The fraction of sp³-hybridized carbons (Fsp3) is 0.211. The molecule has 0 bridgehead atoms. The molecule has 1 heterocycles. The van der Waals surface area contributed by atoms with Gasteiger partial charge in [-0.15, -0.1) is 0 Å². The lowest BCUT2D eigenvalue weighted by Crippen LogP contribution is -2.27. The Labute approximate surface area is 146 Å². The van der Waals surface area contributed by atoms with E-state index < -0.39 is 10.0 Å². The van der Waals surface area contributed by atoms with Crippen LogP contribution in [0, 0.1) is 20.8 Å². The van der Waals surface area contributed by atoms with Gasteiger partial charge in [-0.05, 0) is 56.2 Å². The minimum absolute atomic E-state index is 0.0607. The molecule has 2 N–H and O–H groups in total. The SMILES string of the molecule is Cc1ccc(S(=O)(=O)NCc2cc3c(C)cc(C)cc3[nH]c2=O)cc1. The van der Waals surface area contributed by atoms with E-state index in [1.54, 1.807) is 30.3 Å². The average molecular weight is 356 g/mol. The Hall–Kier alpha value is -2.44. The van der Waals surface area contributed by atoms with E-state index in [4.69, 9.17) is 0 Å². The maximum Gasteiger partial charge on any atom is 0.252 e. The Balaban J connectivity index is 1.92. The lowest BCUT2D eigenvalue weighted by atomic mass is 10.0. The van der Waals surface area contributed by atoms with Crippen molar-refractivity contribution in [3.05, 3.63) is 75.1 Å². The van der Waals surface area contributed by atoms with Gasteiger partial charge in [-0.1, -0.05) is 23.8 Å². The molecule has 6 heteroatoms. The lowest BCUT2D eigenvalue weighted by molar-refractivity contribution is 0.581. The highest BCUT2D eigenvalue weighted by Crippen LogP contribution is 2.18. The molecule has 0 saturated carbocycles. The molecular weight excluding hydrogens is 336 g/mol. The first-order chi connectivity index (χ1) is 11.8. The van der Waals surface area contributed by atoms with Gasteiger partial charge in [0.05, 0.1) is 4.90 Å². The van der Waals surface area contributed by atoms with E-state index in [0.717, 1.165) is 27.6 Å². The van der Waals surface area contributed by atoms with Crippen molar-refractivity contribution in [3.63, 3.8) is 0 Å². The molecule has 0 aliphatic rings. The second-order valence-corrected chi connectivity index (χ2v) is 8.07. The molecule has 0 aliphatic carbocycles. The minimum atomic E-state index is -3.66. The monoisotopic (exact) mass is 356 g/mol. The van der Waals surface area contributed by atoms with Crippen LogP contribution in [-0.4, -0.2) is 13.4 Å². The van der Waals surface area contributed by atoms with Gasteiger partial charge in [-0.3, -0.25) is 4.79 Å². The van der Waals surface area contributed by atoms with Crippen molar-refractivity contribution in [2.75, 3.05) is 0 Å². The summed E-state index contributed by atoms with van der Waals surface area (Å²) >= 11 is 0. The molecule has 0 spiro atoms. The Morgan fingerprint density at radius 2 is 1.64 bits per heavy atom. The quantitative estimate of drug-likeness (QED) is 0.754. The van der Waals surface area contributed by atoms with Gasteiger partial charge in [0.15, 0.2) is 0 Å². The zero-order chi connectivity index (χ0) is 18.2. The molecule has 0 amide bonds. The zero-order valence-corrected chi connectivity index (χ0v) is 15.2. The molecule has 3 rings (SSSR count). The van der Waals surface area contributed by atoms with Crippen LogP contribution in [-0.2, 0) is 16.6 Å². The standard InChI is InChI=1S/C19H20N2O3S/c1-12-4-6-16(7-5-12)25(23,24)20-11-15-10-17-14(3)8-13(2)9-18(17)21-19(15)22/h4-10,20H,11H2,1-3H3,(H,21,22). The van der Waals surface area contributed by atoms with Gasteiger partial charge < -0.3 is 4.98 Å². The first-order valence-corrected chi connectivity index (χ1v) is 9.44. The summed E-state index contributed by atoms with van der Waals surface area (Å²) in [6, 6.07) is 12.3. The summed E-state index contributed by atoms with van der Waals surface area (Å²) in [4.78, 5) is 15.3. The molecule has 0 saturated heterocycles. The van der Waals surface area contributed by atoms with Crippen LogP contribution in [0.5, 0.6) is 0 Å². The van der Waals surface area contributed by atoms with Crippen molar-refractivity contribution < 1.29 is 8.42 Å². The van der Waals surface area contributed by atoms with Crippen LogP contribution in [0.15, 0.2) is 52.2 Å². The van der Waals surface area contributed by atoms with E-state index in [2.05, 4.69) is 9.71 Å². The summed E-state index contributed by atoms with van der Waals surface area (Å²) < 4.78 is 27.3. The number of benzene rings is 2. The van der Waals surface area contributed by atoms with Crippen LogP contribution in [0.1, 0.15) is 22.3 Å². The predicted molar refractivity (Wildman–Crippen MR) is 99.2 cm³/mol. The highest BCUT2D eigenvalue weighted by molar-refractivity contribution is 7.89. The number of aryl methyl sites for hydroxylation is 3. The van der Waals surface area contributed by atoms with Crippen LogP contribution in [0.2, 0.25) is 0 Å². The molecule has 130 valence electrons. The topological polar surface area (TPSA) is 79.0 Å². The van der Waals surface area contributed by atoms with Gasteiger partial charge >= 0.3 is 0 Å². The Bertz CT molecular complexity index is 1100. The van der Waals surface area contributed by atoms with E-state index in [9.17, 15) is 13.2 Å². The summed E-state index contributed by atoms with van der Waals surface area (Å²) in [7, 11) is -3.66. The van der Waals surface area contributed by atoms with Gasteiger partial charge in [0, 0.05) is 23.0 Å². The number of sulfonamides is 1. The molecule has 5 nitrogen and oxygen atoms in total. The number of aromatic amines is 1. The minimum Gasteiger partial charge on any atom is -0.322 e. The first-order valence-electron chi connectivity index (χ1n) is 7.96. The number of fused-ring (bicyclic) bond motifs is 1. The third-order valence-electron chi connectivity index (χ3n) is 4.17. The fourth-order valence-corrected chi connectivity index (χ4v) is 3.83. The largest absolute Gasteiger partial charge is 0.322 e. The lowest BCUT2D eigenvalue weighted by Gasteiger charge is -2.09. The van der Waals surface area contributed by atoms with Crippen molar-refractivity contribution in [2.24, 2.45) is 0 Å². The second-order valence-electron chi connectivity index (χ2n) is 6.30. The number of rotatable bonds is 4. The summed E-state index contributed by atoms with van der Waals surface area (Å²) in [6.07, 6.45) is 0. The normalized spacial score (nSPS) is 11.8. The summed E-state index contributed by atoms with van der Waals surface area (Å²) in [5, 5.41) is 0.912. The molecule has 25 heavy (non-hydrogen) atoms. The van der Waals surface area contributed by atoms with E-state index in [1.807, 2.05) is 32.9 Å². The van der Waals surface area contributed by atoms with Gasteiger partial charge in [-0.25, -0.2) is 13.1 Å². The fourth-order valence-electron chi connectivity index (χ4n) is 2.82. The smallest absolute Gasteiger partial charge is 0.252 e. The van der Waals surface area contributed by atoms with Gasteiger partial charge in [0.2, 0.25) is 10.0 Å². The van der Waals surface area contributed by atoms with E-state index >= 15 is 0 Å². The number of aromatic nitrogens is 1. The Morgan fingerprint density at radius 1 is 0.960 bits per heavy atom. The predicted octanol–water partition coefficient (Wildman–Crippen LogP) is 2.93. The first kappa shape index (κ1) is 17.4. The number of H-pyrrole nitrogens is 1. The summed E-state index contributed by atoms with van der Waals surface area (Å²) in [5.41, 5.74) is 3.94. The third kappa shape index (κ3) is 3.65. The van der Waals surface area contributed by atoms with Crippen molar-refractivity contribution in [3.8, 4) is 0 Å². The summed E-state index contributed by atoms with van der Waals surface area (Å²) in [5.74, 6) is 0. The van der Waals surface area contributed by atoms with Crippen molar-refractivity contribution in [2.45, 2.75) is 32.2 Å². The van der Waals surface area contributed by atoms with E-state index in [1.165, 1.54) is 0 Å². The van der Waals surface area contributed by atoms with Gasteiger partial charge in [0.25, 0.3) is 5.56 Å². The molecule has 0 fully saturated rings. The van der Waals surface area contributed by atoms with Crippen LogP contribution in [0.4, 0.5) is 0 Å². The van der Waals surface area contributed by atoms with Crippen molar-refractivity contribution in [1.29, 1.82) is 0 Å².